The Morgan fingerprint density at radius 2 is 1.62 bits per heavy atom. The first-order chi connectivity index (χ1) is 5.60. The molecule has 0 aliphatic heterocycles. The summed E-state index contributed by atoms with van der Waals surface area (Å²) in [4.78, 5) is 4.06. The van der Waals surface area contributed by atoms with E-state index in [2.05, 4.69) is 18.8 Å². The third-order valence-electron chi connectivity index (χ3n) is 2.34. The van der Waals surface area contributed by atoms with Gasteiger partial charge < -0.3 is 5.11 Å². The van der Waals surface area contributed by atoms with E-state index in [1.807, 2.05) is 6.92 Å². The minimum absolute atomic E-state index is 0. The zero-order chi connectivity index (χ0) is 9.61. The second-order valence-corrected chi connectivity index (χ2v) is 3.34. The standard InChI is InChI=1S/C10H21NO.La/c1-5-7-10(12,8-6-2)9(3)11-4;/h12H,5-8H2,1-4H3;. The van der Waals surface area contributed by atoms with Gasteiger partial charge in [0, 0.05) is 48.4 Å². The van der Waals surface area contributed by atoms with Gasteiger partial charge in [-0.15, -0.1) is 0 Å². The van der Waals surface area contributed by atoms with Gasteiger partial charge in [-0.2, -0.15) is 0 Å². The summed E-state index contributed by atoms with van der Waals surface area (Å²) in [7, 11) is 1.74. The molecule has 0 unspecified atom stereocenters. The van der Waals surface area contributed by atoms with Gasteiger partial charge in [-0.1, -0.05) is 26.7 Å². The molecule has 0 saturated carbocycles. The molecule has 2 nitrogen and oxygen atoms in total. The number of hydrogen-bond donors (Lipinski definition) is 1. The van der Waals surface area contributed by atoms with E-state index in [0.717, 1.165) is 31.4 Å². The summed E-state index contributed by atoms with van der Waals surface area (Å²) in [5.41, 5.74) is 0.226. The van der Waals surface area contributed by atoms with Gasteiger partial charge in [0.1, 0.15) is 5.60 Å². The fraction of sp³-hybridized carbons (Fsp3) is 0.900. The van der Waals surface area contributed by atoms with Crippen LogP contribution < -0.4 is 0 Å². The maximum atomic E-state index is 10.1. The van der Waals surface area contributed by atoms with E-state index in [1.54, 1.807) is 7.05 Å². The van der Waals surface area contributed by atoms with Crippen LogP contribution in [0.3, 0.4) is 0 Å². The van der Waals surface area contributed by atoms with Crippen molar-refractivity contribution in [3.63, 3.8) is 0 Å². The van der Waals surface area contributed by atoms with E-state index in [9.17, 15) is 5.11 Å². The van der Waals surface area contributed by atoms with Crippen LogP contribution in [0.1, 0.15) is 46.5 Å². The summed E-state index contributed by atoms with van der Waals surface area (Å²) in [6.45, 7) is 6.08. The Morgan fingerprint density at radius 1 is 1.23 bits per heavy atom. The van der Waals surface area contributed by atoms with Crippen molar-refractivity contribution in [2.24, 2.45) is 4.99 Å². The smallest absolute Gasteiger partial charge is 0.102 e. The average Bonchev–Trinajstić information content (AvgIpc) is 2.04. The summed E-state index contributed by atoms with van der Waals surface area (Å²) in [6, 6.07) is 0. The van der Waals surface area contributed by atoms with Gasteiger partial charge in [0.15, 0.2) is 0 Å². The zero-order valence-electron chi connectivity index (χ0n) is 9.30. The Balaban J connectivity index is 0. The quantitative estimate of drug-likeness (QED) is 0.777. The summed E-state index contributed by atoms with van der Waals surface area (Å²) < 4.78 is 0. The third-order valence-corrected chi connectivity index (χ3v) is 2.34. The minimum atomic E-state index is -0.641. The van der Waals surface area contributed by atoms with Gasteiger partial charge in [-0.3, -0.25) is 4.99 Å². The fourth-order valence-electron chi connectivity index (χ4n) is 1.52. The van der Waals surface area contributed by atoms with E-state index in [0.29, 0.717) is 0 Å². The molecule has 0 aliphatic rings. The summed E-state index contributed by atoms with van der Waals surface area (Å²) in [6.07, 6.45) is 3.65. The van der Waals surface area contributed by atoms with Gasteiger partial charge in [0.2, 0.25) is 0 Å². The Bertz CT molecular complexity index is 151. The summed E-state index contributed by atoms with van der Waals surface area (Å²) in [5, 5.41) is 10.1. The first-order valence-corrected chi connectivity index (χ1v) is 4.77. The molecule has 0 rings (SSSR count). The monoisotopic (exact) mass is 310 g/mol. The van der Waals surface area contributed by atoms with E-state index in [1.165, 1.54) is 0 Å². The average molecular weight is 310 g/mol. The predicted molar refractivity (Wildman–Crippen MR) is 53.8 cm³/mol. The van der Waals surface area contributed by atoms with Crippen LogP contribution in [0, 0.1) is 35.6 Å². The van der Waals surface area contributed by atoms with Crippen molar-refractivity contribution in [3.8, 4) is 0 Å². The molecule has 13 heavy (non-hydrogen) atoms. The van der Waals surface area contributed by atoms with Gasteiger partial charge >= 0.3 is 0 Å². The molecule has 75 valence electrons. The van der Waals surface area contributed by atoms with Gasteiger partial charge in [-0.05, 0) is 19.8 Å². The number of rotatable bonds is 5. The molecule has 0 aromatic rings. The number of aliphatic hydroxyl groups is 1. The van der Waals surface area contributed by atoms with Crippen molar-refractivity contribution >= 4 is 5.71 Å². The van der Waals surface area contributed by atoms with Crippen molar-refractivity contribution in [3.05, 3.63) is 0 Å². The molecule has 3 heteroatoms. The fourth-order valence-corrected chi connectivity index (χ4v) is 1.52. The van der Waals surface area contributed by atoms with Crippen molar-refractivity contribution in [2.75, 3.05) is 7.05 Å². The van der Waals surface area contributed by atoms with E-state index < -0.39 is 5.60 Å². The molecular weight excluding hydrogens is 289 g/mol. The van der Waals surface area contributed by atoms with Crippen LogP contribution in [-0.2, 0) is 0 Å². The normalized spacial score (nSPS) is 12.5. The van der Waals surface area contributed by atoms with Crippen molar-refractivity contribution < 1.29 is 40.7 Å². The first kappa shape index (κ1) is 16.3. The Kier molecular flexibility index (Phi) is 10.2. The molecule has 0 spiro atoms. The largest absolute Gasteiger partial charge is 0.384 e. The molecule has 0 aromatic carbocycles. The number of hydrogen-bond acceptors (Lipinski definition) is 2. The van der Waals surface area contributed by atoms with Gasteiger partial charge in [0.05, 0.1) is 0 Å². The van der Waals surface area contributed by atoms with Crippen LogP contribution in [0.25, 0.3) is 0 Å². The molecule has 0 aliphatic carbocycles. The van der Waals surface area contributed by atoms with E-state index >= 15 is 0 Å². The molecule has 0 bridgehead atoms. The van der Waals surface area contributed by atoms with Gasteiger partial charge in [0.25, 0.3) is 0 Å². The molecule has 0 heterocycles. The molecule has 0 saturated heterocycles. The molecule has 1 radical (unpaired) electrons. The Hall–Kier alpha value is 0.825. The molecule has 1 N–H and O–H groups in total. The number of aliphatic imine (C=N–C) groups is 1. The Morgan fingerprint density at radius 3 is 1.85 bits per heavy atom. The topological polar surface area (TPSA) is 32.6 Å². The zero-order valence-corrected chi connectivity index (χ0v) is 12.9. The third kappa shape index (κ3) is 5.31. The summed E-state index contributed by atoms with van der Waals surface area (Å²) in [5.74, 6) is 0. The van der Waals surface area contributed by atoms with Gasteiger partial charge in [-0.25, -0.2) is 0 Å². The second-order valence-electron chi connectivity index (χ2n) is 3.34. The van der Waals surface area contributed by atoms with Crippen LogP contribution >= 0.6 is 0 Å². The van der Waals surface area contributed by atoms with Crippen molar-refractivity contribution in [2.45, 2.75) is 52.1 Å². The van der Waals surface area contributed by atoms with E-state index in [-0.39, 0.29) is 35.6 Å². The minimum Gasteiger partial charge on any atom is -0.384 e. The van der Waals surface area contributed by atoms with Crippen LogP contribution in [0.2, 0.25) is 0 Å². The maximum Gasteiger partial charge on any atom is 0.102 e. The predicted octanol–water partition coefficient (Wildman–Crippen LogP) is 2.41. The molecular formula is C10H21LaNO. The van der Waals surface area contributed by atoms with Crippen molar-refractivity contribution in [1.29, 1.82) is 0 Å². The van der Waals surface area contributed by atoms with Crippen LogP contribution in [0.5, 0.6) is 0 Å². The SMILES string of the molecule is CCCC(O)(CCC)C(C)=NC.[La]. The van der Waals surface area contributed by atoms with Crippen LogP contribution in [0.15, 0.2) is 4.99 Å². The molecule has 0 aromatic heterocycles. The number of nitrogens with zero attached hydrogens (tertiary/aromatic N) is 1. The summed E-state index contributed by atoms with van der Waals surface area (Å²) >= 11 is 0. The Labute approximate surface area is 110 Å². The van der Waals surface area contributed by atoms with Crippen LogP contribution in [0.4, 0.5) is 0 Å². The second kappa shape index (κ2) is 8.16. The van der Waals surface area contributed by atoms with Crippen LogP contribution in [-0.4, -0.2) is 23.5 Å². The molecule has 0 amide bonds. The molecule has 0 fully saturated rings. The maximum absolute atomic E-state index is 10.1. The first-order valence-electron chi connectivity index (χ1n) is 4.77. The van der Waals surface area contributed by atoms with E-state index in [4.69, 9.17) is 0 Å². The molecule has 0 atom stereocenters. The van der Waals surface area contributed by atoms with Crippen molar-refractivity contribution in [1.82, 2.24) is 0 Å².